The van der Waals surface area contributed by atoms with Crippen LogP contribution in [0.5, 0.6) is 0 Å². The third kappa shape index (κ3) is 1.71. The lowest BCUT2D eigenvalue weighted by Gasteiger charge is -2.18. The van der Waals surface area contributed by atoms with Crippen molar-refractivity contribution in [3.63, 3.8) is 0 Å². The highest BCUT2D eigenvalue weighted by atomic mass is 19.1. The zero-order valence-corrected chi connectivity index (χ0v) is 8.41. The quantitative estimate of drug-likeness (QED) is 0.690. The molecule has 0 radical (unpaired) electrons. The van der Waals surface area contributed by atoms with E-state index in [-0.39, 0.29) is 36.3 Å². The van der Waals surface area contributed by atoms with Crippen molar-refractivity contribution in [1.82, 2.24) is 0 Å². The third-order valence-corrected chi connectivity index (χ3v) is 2.48. The van der Waals surface area contributed by atoms with Crippen molar-refractivity contribution in [2.24, 2.45) is 5.73 Å². The van der Waals surface area contributed by atoms with Crippen LogP contribution in [0.1, 0.15) is 6.42 Å². The fourth-order valence-electron chi connectivity index (χ4n) is 1.82. The summed E-state index contributed by atoms with van der Waals surface area (Å²) < 4.78 is 26.3. The molecule has 1 saturated heterocycles. The summed E-state index contributed by atoms with van der Waals surface area (Å²) in [5, 5.41) is 0. The topological polar surface area (TPSA) is 72.3 Å². The minimum Gasteiger partial charge on any atom is -0.397 e. The molecule has 1 aromatic rings. The van der Waals surface area contributed by atoms with Gasteiger partial charge in [-0.3, -0.25) is 4.79 Å². The lowest BCUT2D eigenvalue weighted by Crippen LogP contribution is -2.29. The van der Waals surface area contributed by atoms with Crippen molar-refractivity contribution in [2.75, 3.05) is 17.2 Å². The number of halogens is 2. The number of hydrogen-bond acceptors (Lipinski definition) is 3. The van der Waals surface area contributed by atoms with Gasteiger partial charge in [0.1, 0.15) is 11.5 Å². The number of rotatable bonds is 1. The second-order valence-electron chi connectivity index (χ2n) is 3.79. The number of nitrogen functional groups attached to an aromatic ring is 1. The van der Waals surface area contributed by atoms with Crippen molar-refractivity contribution in [1.29, 1.82) is 0 Å². The second kappa shape index (κ2) is 3.71. The molecule has 0 bridgehead atoms. The Kier molecular flexibility index (Phi) is 2.51. The van der Waals surface area contributed by atoms with Crippen molar-refractivity contribution in [3.05, 3.63) is 23.8 Å². The zero-order chi connectivity index (χ0) is 11.9. The van der Waals surface area contributed by atoms with Crippen molar-refractivity contribution in [2.45, 2.75) is 12.5 Å². The number of nitrogens with zero attached hydrogens (tertiary/aromatic N) is 1. The lowest BCUT2D eigenvalue weighted by molar-refractivity contribution is -0.117. The van der Waals surface area contributed by atoms with Crippen LogP contribution in [0.3, 0.4) is 0 Å². The molecule has 1 unspecified atom stereocenters. The fraction of sp³-hybridized carbons (Fsp3) is 0.300. The monoisotopic (exact) mass is 227 g/mol. The van der Waals surface area contributed by atoms with Crippen LogP contribution in [0.2, 0.25) is 0 Å². The predicted octanol–water partition coefficient (Wildman–Crippen LogP) is 0.611. The first kappa shape index (κ1) is 10.8. The summed E-state index contributed by atoms with van der Waals surface area (Å²) in [6.07, 6.45) is 0.149. The molecule has 1 aliphatic heterocycles. The van der Waals surface area contributed by atoms with Gasteiger partial charge >= 0.3 is 0 Å². The summed E-state index contributed by atoms with van der Waals surface area (Å²) in [7, 11) is 0. The Morgan fingerprint density at radius 1 is 1.38 bits per heavy atom. The van der Waals surface area contributed by atoms with E-state index in [1.54, 1.807) is 0 Å². The van der Waals surface area contributed by atoms with Gasteiger partial charge in [-0.15, -0.1) is 0 Å². The molecule has 0 saturated carbocycles. The average molecular weight is 227 g/mol. The smallest absolute Gasteiger partial charge is 0.228 e. The van der Waals surface area contributed by atoms with Gasteiger partial charge in [0.05, 0.1) is 5.69 Å². The molecule has 2 rings (SSSR count). The van der Waals surface area contributed by atoms with Gasteiger partial charge < -0.3 is 16.4 Å². The van der Waals surface area contributed by atoms with Gasteiger partial charge in [0.25, 0.3) is 0 Å². The summed E-state index contributed by atoms with van der Waals surface area (Å²) in [6, 6.07) is 1.34. The molecule has 86 valence electrons. The molecule has 4 nitrogen and oxygen atoms in total. The molecule has 1 fully saturated rings. The normalized spacial score (nSPS) is 20.6. The number of amides is 1. The summed E-state index contributed by atoms with van der Waals surface area (Å²) >= 11 is 0. The number of nitrogens with two attached hydrogens (primary N) is 2. The van der Waals surface area contributed by atoms with E-state index in [1.165, 1.54) is 0 Å². The van der Waals surface area contributed by atoms with Crippen LogP contribution in [0, 0.1) is 11.6 Å². The highest BCUT2D eigenvalue weighted by Gasteiger charge is 2.31. The summed E-state index contributed by atoms with van der Waals surface area (Å²) in [5.74, 6) is -1.92. The maximum atomic E-state index is 13.5. The summed E-state index contributed by atoms with van der Waals surface area (Å²) in [4.78, 5) is 12.7. The van der Waals surface area contributed by atoms with Crippen molar-refractivity contribution < 1.29 is 13.6 Å². The Bertz CT molecular complexity index is 427. The molecule has 0 aliphatic carbocycles. The standard InChI is InChI=1S/C10H11F2N3O/c11-5-1-7(12)10(8(14)2-5)15-4-6(13)3-9(15)16/h1-2,6H,3-4,13-14H2. The highest BCUT2D eigenvalue weighted by Crippen LogP contribution is 2.30. The van der Waals surface area contributed by atoms with E-state index < -0.39 is 11.6 Å². The fourth-order valence-corrected chi connectivity index (χ4v) is 1.82. The van der Waals surface area contributed by atoms with Gasteiger partial charge in [-0.2, -0.15) is 0 Å². The van der Waals surface area contributed by atoms with Crippen molar-refractivity contribution >= 4 is 17.3 Å². The number of carbonyl (C=O) groups excluding carboxylic acids is 1. The molecule has 1 heterocycles. The van der Waals surface area contributed by atoms with Crippen LogP contribution in [-0.4, -0.2) is 18.5 Å². The first-order chi connectivity index (χ1) is 7.49. The molecule has 16 heavy (non-hydrogen) atoms. The lowest BCUT2D eigenvalue weighted by atomic mass is 10.2. The number of carbonyl (C=O) groups is 1. The largest absolute Gasteiger partial charge is 0.397 e. The highest BCUT2D eigenvalue weighted by molar-refractivity contribution is 5.99. The zero-order valence-electron chi connectivity index (χ0n) is 8.41. The van der Waals surface area contributed by atoms with E-state index >= 15 is 0 Å². The Labute approximate surface area is 90.8 Å². The molecular weight excluding hydrogens is 216 g/mol. The van der Waals surface area contributed by atoms with Crippen LogP contribution in [-0.2, 0) is 4.79 Å². The van der Waals surface area contributed by atoms with E-state index in [4.69, 9.17) is 11.5 Å². The molecule has 1 aliphatic rings. The molecule has 1 amide bonds. The Hall–Kier alpha value is -1.69. The SMILES string of the molecule is Nc1cc(F)cc(F)c1N1CC(N)CC1=O. The average Bonchev–Trinajstić information content (AvgIpc) is 2.43. The van der Waals surface area contributed by atoms with Crippen LogP contribution in [0.4, 0.5) is 20.2 Å². The van der Waals surface area contributed by atoms with Crippen LogP contribution in [0.25, 0.3) is 0 Å². The minimum absolute atomic E-state index is 0.0839. The first-order valence-electron chi connectivity index (χ1n) is 4.79. The Morgan fingerprint density at radius 3 is 2.56 bits per heavy atom. The number of hydrogen-bond donors (Lipinski definition) is 2. The van der Waals surface area contributed by atoms with Crippen LogP contribution < -0.4 is 16.4 Å². The van der Waals surface area contributed by atoms with Gasteiger partial charge in [-0.25, -0.2) is 8.78 Å². The maximum absolute atomic E-state index is 13.5. The van der Waals surface area contributed by atoms with Gasteiger partial charge in [0.15, 0.2) is 5.82 Å². The van der Waals surface area contributed by atoms with Crippen LogP contribution in [0.15, 0.2) is 12.1 Å². The van der Waals surface area contributed by atoms with Gasteiger partial charge in [0.2, 0.25) is 5.91 Å². The maximum Gasteiger partial charge on any atom is 0.228 e. The molecule has 6 heteroatoms. The van der Waals surface area contributed by atoms with E-state index in [0.717, 1.165) is 11.0 Å². The summed E-state index contributed by atoms with van der Waals surface area (Å²) in [6.45, 7) is 0.200. The molecule has 4 N–H and O–H groups in total. The van der Waals surface area contributed by atoms with Gasteiger partial charge in [-0.1, -0.05) is 0 Å². The van der Waals surface area contributed by atoms with Gasteiger partial charge in [-0.05, 0) is 6.07 Å². The van der Waals surface area contributed by atoms with Crippen LogP contribution >= 0.6 is 0 Å². The number of benzene rings is 1. The van der Waals surface area contributed by atoms with E-state index in [9.17, 15) is 13.6 Å². The predicted molar refractivity (Wildman–Crippen MR) is 55.7 cm³/mol. The first-order valence-corrected chi connectivity index (χ1v) is 4.79. The molecule has 1 atom stereocenters. The minimum atomic E-state index is -0.847. The number of anilines is 2. The third-order valence-electron chi connectivity index (χ3n) is 2.48. The Balaban J connectivity index is 2.44. The van der Waals surface area contributed by atoms with Gasteiger partial charge in [0, 0.05) is 25.1 Å². The van der Waals surface area contributed by atoms with E-state index in [0.29, 0.717) is 6.07 Å². The summed E-state index contributed by atoms with van der Waals surface area (Å²) in [5.41, 5.74) is 10.9. The van der Waals surface area contributed by atoms with E-state index in [2.05, 4.69) is 0 Å². The molecular formula is C10H11F2N3O. The second-order valence-corrected chi connectivity index (χ2v) is 3.79. The molecule has 0 aromatic heterocycles. The van der Waals surface area contributed by atoms with Crippen molar-refractivity contribution in [3.8, 4) is 0 Å². The molecule has 1 aromatic carbocycles. The van der Waals surface area contributed by atoms with E-state index in [1.807, 2.05) is 0 Å². The Morgan fingerprint density at radius 2 is 2.06 bits per heavy atom. The molecule has 0 spiro atoms.